The Labute approximate surface area is 121 Å². The molecule has 0 unspecified atom stereocenters. The summed E-state index contributed by atoms with van der Waals surface area (Å²) >= 11 is 0. The van der Waals surface area contributed by atoms with Gasteiger partial charge in [-0.25, -0.2) is 4.39 Å². The highest BCUT2D eigenvalue weighted by Gasteiger charge is 2.38. The third kappa shape index (κ3) is 2.81. The summed E-state index contributed by atoms with van der Waals surface area (Å²) in [4.78, 5) is 23.4. The molecule has 1 aromatic carbocycles. The number of hydrogen-bond donors (Lipinski definition) is 1. The van der Waals surface area contributed by atoms with Gasteiger partial charge in [0.2, 0.25) is 0 Å². The number of nitro groups is 1. The molecule has 0 radical (unpaired) electrons. The number of anilines is 1. The van der Waals surface area contributed by atoms with E-state index in [0.717, 1.165) is 6.07 Å². The molecule has 0 spiro atoms. The van der Waals surface area contributed by atoms with Crippen molar-refractivity contribution in [3.63, 3.8) is 0 Å². The van der Waals surface area contributed by atoms with Crippen LogP contribution in [0, 0.1) is 28.3 Å². The van der Waals surface area contributed by atoms with Crippen LogP contribution in [0.2, 0.25) is 0 Å². The van der Waals surface area contributed by atoms with Gasteiger partial charge in [-0.3, -0.25) is 14.9 Å². The lowest BCUT2D eigenvalue weighted by molar-refractivity contribution is -0.384. The number of benzene rings is 1. The van der Waals surface area contributed by atoms with E-state index in [0.29, 0.717) is 37.2 Å². The predicted octanol–water partition coefficient (Wildman–Crippen LogP) is 2.73. The van der Waals surface area contributed by atoms with Crippen LogP contribution in [0.1, 0.15) is 25.3 Å². The maximum Gasteiger partial charge on any atom is 0.309 e. The lowest BCUT2D eigenvalue weighted by Gasteiger charge is -2.37. The van der Waals surface area contributed by atoms with Crippen LogP contribution in [0.5, 0.6) is 0 Å². The minimum Gasteiger partial charge on any atom is -0.481 e. The number of nitrogens with zero attached hydrogens (tertiary/aromatic N) is 2. The largest absolute Gasteiger partial charge is 0.481 e. The number of nitro benzene ring substituents is 1. The minimum absolute atomic E-state index is 0.281. The summed E-state index contributed by atoms with van der Waals surface area (Å²) in [5.74, 6) is -1.47. The molecule has 0 aliphatic carbocycles. The van der Waals surface area contributed by atoms with Gasteiger partial charge < -0.3 is 10.0 Å². The van der Waals surface area contributed by atoms with Gasteiger partial charge in [0.05, 0.1) is 16.4 Å². The molecule has 1 N–H and O–H groups in total. The molecule has 7 heteroatoms. The van der Waals surface area contributed by atoms with Crippen molar-refractivity contribution >= 4 is 17.3 Å². The normalized spacial score (nSPS) is 17.6. The maximum absolute atomic E-state index is 13.5. The highest BCUT2D eigenvalue weighted by molar-refractivity contribution is 5.75. The minimum atomic E-state index is -0.855. The van der Waals surface area contributed by atoms with Gasteiger partial charge in [0.25, 0.3) is 5.69 Å². The van der Waals surface area contributed by atoms with E-state index in [1.54, 1.807) is 18.7 Å². The molecule has 1 aromatic rings. The standard InChI is InChI=1S/C14H17FN2O4/c1-9-7-11(12(17(20)21)8-10(9)15)16-5-3-14(2,4-6-16)13(18)19/h7-8H,3-6H2,1-2H3,(H,18,19). The Bertz CT molecular complexity index is 595. The average Bonchev–Trinajstić information content (AvgIpc) is 2.42. The fraction of sp³-hybridized carbons (Fsp3) is 0.500. The molecular formula is C14H17FN2O4. The number of rotatable bonds is 3. The van der Waals surface area contributed by atoms with Crippen LogP contribution < -0.4 is 4.90 Å². The lowest BCUT2D eigenvalue weighted by atomic mass is 9.80. The van der Waals surface area contributed by atoms with Gasteiger partial charge in [0.15, 0.2) is 0 Å². The van der Waals surface area contributed by atoms with Crippen molar-refractivity contribution in [2.45, 2.75) is 26.7 Å². The third-order valence-electron chi connectivity index (χ3n) is 4.18. The van der Waals surface area contributed by atoms with Gasteiger partial charge in [-0.2, -0.15) is 0 Å². The Balaban J connectivity index is 2.30. The van der Waals surface area contributed by atoms with Crippen LogP contribution >= 0.6 is 0 Å². The molecule has 1 fully saturated rings. The average molecular weight is 296 g/mol. The number of hydrogen-bond acceptors (Lipinski definition) is 4. The van der Waals surface area contributed by atoms with Crippen LogP contribution in [-0.4, -0.2) is 29.1 Å². The summed E-state index contributed by atoms with van der Waals surface area (Å²) in [5, 5.41) is 20.3. The Morgan fingerprint density at radius 2 is 2.00 bits per heavy atom. The number of piperidine rings is 1. The molecule has 2 rings (SSSR count). The molecule has 21 heavy (non-hydrogen) atoms. The molecule has 0 saturated carbocycles. The van der Waals surface area contributed by atoms with Gasteiger partial charge >= 0.3 is 5.97 Å². The van der Waals surface area contributed by atoms with E-state index in [-0.39, 0.29) is 5.69 Å². The second-order valence-corrected chi connectivity index (χ2v) is 5.70. The Morgan fingerprint density at radius 3 is 2.48 bits per heavy atom. The van der Waals surface area contributed by atoms with E-state index >= 15 is 0 Å². The number of aryl methyl sites for hydroxylation is 1. The van der Waals surface area contributed by atoms with E-state index in [9.17, 15) is 24.4 Å². The molecule has 0 atom stereocenters. The number of halogens is 1. The molecule has 1 heterocycles. The molecule has 1 aliphatic rings. The second kappa shape index (κ2) is 5.31. The fourth-order valence-corrected chi connectivity index (χ4v) is 2.51. The molecule has 1 aliphatic heterocycles. The monoisotopic (exact) mass is 296 g/mol. The number of carbonyl (C=O) groups is 1. The van der Waals surface area contributed by atoms with Crippen molar-refractivity contribution in [1.82, 2.24) is 0 Å². The van der Waals surface area contributed by atoms with Crippen LogP contribution in [0.3, 0.4) is 0 Å². The van der Waals surface area contributed by atoms with Gasteiger partial charge in [0.1, 0.15) is 11.5 Å². The summed E-state index contributed by atoms with van der Waals surface area (Å²) < 4.78 is 13.5. The SMILES string of the molecule is Cc1cc(N2CCC(C)(C(=O)O)CC2)c([N+](=O)[O-])cc1F. The Kier molecular flexibility index (Phi) is 3.85. The first-order valence-electron chi connectivity index (χ1n) is 6.67. The van der Waals surface area contributed by atoms with Crippen molar-refractivity contribution in [2.24, 2.45) is 5.41 Å². The first kappa shape index (κ1) is 15.2. The first-order valence-corrected chi connectivity index (χ1v) is 6.67. The molecule has 0 amide bonds. The summed E-state index contributed by atoms with van der Waals surface area (Å²) in [6.45, 7) is 4.02. The number of carboxylic acids is 1. The molecule has 1 saturated heterocycles. The van der Waals surface area contributed by atoms with Crippen molar-refractivity contribution in [1.29, 1.82) is 0 Å². The summed E-state index contributed by atoms with van der Waals surface area (Å²) in [5.41, 5.74) is -0.397. The quantitative estimate of drug-likeness (QED) is 0.685. The van der Waals surface area contributed by atoms with Gasteiger partial charge in [0, 0.05) is 13.1 Å². The molecule has 0 aromatic heterocycles. The lowest BCUT2D eigenvalue weighted by Crippen LogP contribution is -2.43. The van der Waals surface area contributed by atoms with Crippen molar-refractivity contribution < 1.29 is 19.2 Å². The zero-order valence-electron chi connectivity index (χ0n) is 11.9. The van der Waals surface area contributed by atoms with Crippen molar-refractivity contribution in [3.05, 3.63) is 33.6 Å². The topological polar surface area (TPSA) is 83.7 Å². The maximum atomic E-state index is 13.5. The van der Waals surface area contributed by atoms with E-state index in [4.69, 9.17) is 0 Å². The van der Waals surface area contributed by atoms with Gasteiger partial charge in [-0.1, -0.05) is 0 Å². The van der Waals surface area contributed by atoms with E-state index < -0.39 is 22.1 Å². The van der Waals surface area contributed by atoms with E-state index in [1.807, 2.05) is 0 Å². The summed E-state index contributed by atoms with van der Waals surface area (Å²) in [7, 11) is 0. The second-order valence-electron chi connectivity index (χ2n) is 5.70. The smallest absolute Gasteiger partial charge is 0.309 e. The zero-order valence-corrected chi connectivity index (χ0v) is 11.9. The molecule has 114 valence electrons. The number of aliphatic carboxylic acids is 1. The molecule has 6 nitrogen and oxygen atoms in total. The van der Waals surface area contributed by atoms with E-state index in [1.165, 1.54) is 6.07 Å². The number of carboxylic acid groups (broad SMARTS) is 1. The molecule has 0 bridgehead atoms. The molecular weight excluding hydrogens is 279 g/mol. The van der Waals surface area contributed by atoms with Gasteiger partial charge in [-0.15, -0.1) is 0 Å². The highest BCUT2D eigenvalue weighted by atomic mass is 19.1. The third-order valence-corrected chi connectivity index (χ3v) is 4.18. The predicted molar refractivity (Wildman–Crippen MR) is 75.0 cm³/mol. The van der Waals surface area contributed by atoms with Crippen LogP contribution in [-0.2, 0) is 4.79 Å². The van der Waals surface area contributed by atoms with Crippen molar-refractivity contribution in [3.8, 4) is 0 Å². The van der Waals surface area contributed by atoms with E-state index in [2.05, 4.69) is 0 Å². The van der Waals surface area contributed by atoms with Crippen LogP contribution in [0.15, 0.2) is 12.1 Å². The highest BCUT2D eigenvalue weighted by Crippen LogP contribution is 2.37. The summed E-state index contributed by atoms with van der Waals surface area (Å²) in [6, 6.07) is 2.38. The summed E-state index contributed by atoms with van der Waals surface area (Å²) in [6.07, 6.45) is 0.797. The zero-order chi connectivity index (χ0) is 15.8. The van der Waals surface area contributed by atoms with Crippen LogP contribution in [0.25, 0.3) is 0 Å². The fourth-order valence-electron chi connectivity index (χ4n) is 2.51. The van der Waals surface area contributed by atoms with Gasteiger partial charge in [-0.05, 0) is 38.3 Å². The Morgan fingerprint density at radius 1 is 1.43 bits per heavy atom. The van der Waals surface area contributed by atoms with Crippen LogP contribution in [0.4, 0.5) is 15.8 Å². The Hall–Kier alpha value is -2.18. The van der Waals surface area contributed by atoms with Crippen molar-refractivity contribution in [2.75, 3.05) is 18.0 Å². The first-order chi connectivity index (χ1) is 9.74.